The van der Waals surface area contributed by atoms with Gasteiger partial charge in [0.2, 0.25) is 0 Å². The minimum atomic E-state index is -4.43. The van der Waals surface area contributed by atoms with Crippen LogP contribution in [0, 0.1) is 0 Å². The van der Waals surface area contributed by atoms with E-state index in [9.17, 15) is 18.3 Å². The molecule has 0 aliphatic rings. The molecule has 0 heterocycles. The number of carboxylic acid groups (broad SMARTS) is 1. The summed E-state index contributed by atoms with van der Waals surface area (Å²) in [6.45, 7) is 0. The van der Waals surface area contributed by atoms with Gasteiger partial charge in [-0.1, -0.05) is 30.3 Å². The number of rotatable bonds is 4. The summed E-state index contributed by atoms with van der Waals surface area (Å²) in [4.78, 5) is 10.3. The number of hydrogen-bond acceptors (Lipinski definition) is 4. The van der Waals surface area contributed by atoms with Crippen LogP contribution < -0.4 is 34.7 Å². The van der Waals surface area contributed by atoms with E-state index in [4.69, 9.17) is 4.55 Å². The number of carbonyl (C=O) groups is 1. The summed E-state index contributed by atoms with van der Waals surface area (Å²) in [6, 6.07) is 7.64. The first kappa shape index (κ1) is 15.6. The Labute approximate surface area is 116 Å². The second-order valence-electron chi connectivity index (χ2n) is 2.99. The van der Waals surface area contributed by atoms with Crippen LogP contribution >= 0.6 is 0 Å². The molecule has 0 aliphatic carbocycles. The molecule has 16 heavy (non-hydrogen) atoms. The van der Waals surface area contributed by atoms with Crippen molar-refractivity contribution in [3.63, 3.8) is 0 Å². The molecule has 0 amide bonds. The molecule has 0 bridgehead atoms. The Kier molecular flexibility index (Phi) is 6.20. The van der Waals surface area contributed by atoms with E-state index in [0.717, 1.165) is 0 Å². The van der Waals surface area contributed by atoms with E-state index < -0.39 is 27.8 Å². The van der Waals surface area contributed by atoms with Gasteiger partial charge in [-0.05, 0) is 5.56 Å². The van der Waals surface area contributed by atoms with Crippen LogP contribution in [-0.4, -0.2) is 18.9 Å². The van der Waals surface area contributed by atoms with E-state index in [1.807, 2.05) is 0 Å². The van der Waals surface area contributed by atoms with Crippen LogP contribution in [0.5, 0.6) is 0 Å². The van der Waals surface area contributed by atoms with Crippen LogP contribution in [-0.2, 0) is 14.9 Å². The molecule has 0 spiro atoms. The zero-order chi connectivity index (χ0) is 11.5. The number of benzene rings is 1. The summed E-state index contributed by atoms with van der Waals surface area (Å²) in [7, 11) is -4.43. The molecule has 5 nitrogen and oxygen atoms in total. The Morgan fingerprint density at radius 3 is 2.19 bits per heavy atom. The molecule has 0 radical (unpaired) electrons. The maximum Gasteiger partial charge on any atom is 1.00 e. The molecular formula is C9H9NaO5S. The maximum absolute atomic E-state index is 10.9. The minimum Gasteiger partial charge on any atom is -0.550 e. The Morgan fingerprint density at radius 2 is 1.81 bits per heavy atom. The van der Waals surface area contributed by atoms with E-state index in [-0.39, 0.29) is 35.1 Å². The van der Waals surface area contributed by atoms with Crippen LogP contribution in [0.1, 0.15) is 17.2 Å². The number of carboxylic acids is 1. The molecule has 1 N–H and O–H groups in total. The molecule has 1 rings (SSSR count). The van der Waals surface area contributed by atoms with Gasteiger partial charge in [0, 0.05) is 12.4 Å². The summed E-state index contributed by atoms with van der Waals surface area (Å²) in [5.74, 6) is -1.53. The smallest absolute Gasteiger partial charge is 0.550 e. The van der Waals surface area contributed by atoms with Crippen LogP contribution in [0.4, 0.5) is 0 Å². The monoisotopic (exact) mass is 252 g/mol. The van der Waals surface area contributed by atoms with Crippen molar-refractivity contribution in [3.05, 3.63) is 35.9 Å². The molecule has 7 heteroatoms. The predicted octanol–water partition coefficient (Wildman–Crippen LogP) is -3.24. The van der Waals surface area contributed by atoms with Gasteiger partial charge in [0.1, 0.15) is 5.25 Å². The fourth-order valence-electron chi connectivity index (χ4n) is 1.21. The fourth-order valence-corrected chi connectivity index (χ4v) is 2.06. The van der Waals surface area contributed by atoms with Crippen molar-refractivity contribution in [2.24, 2.45) is 0 Å². The zero-order valence-electron chi connectivity index (χ0n) is 8.66. The van der Waals surface area contributed by atoms with Crippen molar-refractivity contribution in [2.75, 3.05) is 0 Å². The normalized spacial score (nSPS) is 12.6. The van der Waals surface area contributed by atoms with Crippen LogP contribution in [0.3, 0.4) is 0 Å². The SMILES string of the molecule is O=C([O-])CC(c1ccccc1)S(=O)(=O)O.[Na+]. The van der Waals surface area contributed by atoms with E-state index >= 15 is 0 Å². The first-order valence-electron chi connectivity index (χ1n) is 4.12. The van der Waals surface area contributed by atoms with Gasteiger partial charge >= 0.3 is 29.6 Å². The van der Waals surface area contributed by atoms with E-state index in [1.165, 1.54) is 12.1 Å². The molecule has 0 saturated heterocycles. The minimum absolute atomic E-state index is 0. The number of carbonyl (C=O) groups excluding carboxylic acids is 1. The topological polar surface area (TPSA) is 94.5 Å². The quantitative estimate of drug-likeness (QED) is 0.449. The summed E-state index contributed by atoms with van der Waals surface area (Å²) < 4.78 is 30.7. The second kappa shape index (κ2) is 6.36. The molecular weight excluding hydrogens is 243 g/mol. The Hall–Kier alpha value is -0.400. The molecule has 0 saturated carbocycles. The van der Waals surface area contributed by atoms with Crippen molar-refractivity contribution in [3.8, 4) is 0 Å². The van der Waals surface area contributed by atoms with Gasteiger partial charge < -0.3 is 9.90 Å². The summed E-state index contributed by atoms with van der Waals surface area (Å²) in [5.41, 5.74) is 0.226. The van der Waals surface area contributed by atoms with E-state index in [1.54, 1.807) is 18.2 Å². The fraction of sp³-hybridized carbons (Fsp3) is 0.222. The standard InChI is InChI=1S/C9H10O5S.Na/c10-9(11)6-8(15(12,13)14)7-4-2-1-3-5-7;/h1-5,8H,6H2,(H,10,11)(H,12,13,14);/q;+1/p-1. The average Bonchev–Trinajstić information content (AvgIpc) is 2.14. The van der Waals surface area contributed by atoms with Gasteiger partial charge in [0.15, 0.2) is 0 Å². The number of hydrogen-bond donors (Lipinski definition) is 1. The molecule has 1 atom stereocenters. The Morgan fingerprint density at radius 1 is 1.31 bits per heavy atom. The zero-order valence-corrected chi connectivity index (χ0v) is 11.5. The van der Waals surface area contributed by atoms with Crippen molar-refractivity contribution < 1.29 is 52.4 Å². The van der Waals surface area contributed by atoms with Crippen LogP contribution in [0.2, 0.25) is 0 Å². The van der Waals surface area contributed by atoms with Crippen molar-refractivity contribution in [2.45, 2.75) is 11.7 Å². The third-order valence-electron chi connectivity index (χ3n) is 1.88. The molecule has 1 aromatic carbocycles. The van der Waals surface area contributed by atoms with Crippen LogP contribution in [0.25, 0.3) is 0 Å². The van der Waals surface area contributed by atoms with Gasteiger partial charge in [0.25, 0.3) is 10.1 Å². The average molecular weight is 252 g/mol. The molecule has 1 aromatic rings. The van der Waals surface area contributed by atoms with Crippen molar-refractivity contribution in [1.29, 1.82) is 0 Å². The molecule has 0 aliphatic heterocycles. The van der Waals surface area contributed by atoms with Crippen LogP contribution in [0.15, 0.2) is 30.3 Å². The predicted molar refractivity (Wildman–Crippen MR) is 50.4 cm³/mol. The maximum atomic E-state index is 10.9. The van der Waals surface area contributed by atoms with E-state index in [2.05, 4.69) is 0 Å². The molecule has 0 aromatic heterocycles. The Balaban J connectivity index is 0.00000225. The second-order valence-corrected chi connectivity index (χ2v) is 4.59. The van der Waals surface area contributed by atoms with Crippen molar-refractivity contribution >= 4 is 16.1 Å². The number of aliphatic carboxylic acids is 1. The summed E-state index contributed by atoms with van der Waals surface area (Å²) >= 11 is 0. The van der Waals surface area contributed by atoms with Crippen molar-refractivity contribution in [1.82, 2.24) is 0 Å². The first-order valence-corrected chi connectivity index (χ1v) is 5.62. The third kappa shape index (κ3) is 4.63. The third-order valence-corrected chi connectivity index (χ3v) is 3.04. The molecule has 82 valence electrons. The largest absolute Gasteiger partial charge is 1.00 e. The first-order chi connectivity index (χ1) is 6.91. The summed E-state index contributed by atoms with van der Waals surface area (Å²) in [5, 5.41) is 8.87. The Bertz CT molecular complexity index is 442. The molecule has 1 unspecified atom stereocenters. The summed E-state index contributed by atoms with van der Waals surface area (Å²) in [6.07, 6.45) is -0.761. The van der Waals surface area contributed by atoms with Gasteiger partial charge in [-0.15, -0.1) is 0 Å². The van der Waals surface area contributed by atoms with Gasteiger partial charge in [-0.25, -0.2) is 0 Å². The molecule has 0 fully saturated rings. The van der Waals surface area contributed by atoms with E-state index in [0.29, 0.717) is 0 Å². The van der Waals surface area contributed by atoms with Gasteiger partial charge in [-0.3, -0.25) is 4.55 Å². The van der Waals surface area contributed by atoms with Gasteiger partial charge in [0.05, 0.1) is 0 Å². The van der Waals surface area contributed by atoms with Gasteiger partial charge in [-0.2, -0.15) is 8.42 Å².